The van der Waals surface area contributed by atoms with Crippen LogP contribution >= 0.6 is 0 Å². The lowest BCUT2D eigenvalue weighted by atomic mass is 9.94. The van der Waals surface area contributed by atoms with Gasteiger partial charge < -0.3 is 9.64 Å². The van der Waals surface area contributed by atoms with Gasteiger partial charge in [-0.25, -0.2) is 0 Å². The van der Waals surface area contributed by atoms with Gasteiger partial charge in [0.25, 0.3) is 0 Å². The third kappa shape index (κ3) is 33.1. The summed E-state index contributed by atoms with van der Waals surface area (Å²) in [5, 5.41) is 0. The highest BCUT2D eigenvalue weighted by Gasteiger charge is 2.09. The topological polar surface area (TPSA) is 12.5 Å². The van der Waals surface area contributed by atoms with Crippen molar-refractivity contribution in [1.29, 1.82) is 0 Å². The summed E-state index contributed by atoms with van der Waals surface area (Å²) in [6.07, 6.45) is 46.4. The summed E-state index contributed by atoms with van der Waals surface area (Å²) in [6.45, 7) is 6.43. The molecule has 0 aliphatic heterocycles. The van der Waals surface area contributed by atoms with Gasteiger partial charge in [0.05, 0.1) is 12.9 Å². The van der Waals surface area contributed by atoms with E-state index in [0.29, 0.717) is 0 Å². The van der Waals surface area contributed by atoms with Crippen molar-refractivity contribution in [1.82, 2.24) is 4.90 Å². The Balaban J connectivity index is 3.79. The van der Waals surface area contributed by atoms with Crippen molar-refractivity contribution < 1.29 is 4.74 Å². The van der Waals surface area contributed by atoms with Crippen LogP contribution in [0.2, 0.25) is 0 Å². The first-order chi connectivity index (χ1) is 19.2. The van der Waals surface area contributed by atoms with Gasteiger partial charge in [-0.05, 0) is 71.0 Å². The fourth-order valence-corrected chi connectivity index (χ4v) is 5.17. The Labute approximate surface area is 247 Å². The first-order valence-electron chi connectivity index (χ1n) is 17.4. The van der Waals surface area contributed by atoms with Gasteiger partial charge in [-0.1, -0.05) is 147 Å². The summed E-state index contributed by atoms with van der Waals surface area (Å²) in [5.74, 6) is 0.735. The van der Waals surface area contributed by atoms with Crippen LogP contribution in [-0.4, -0.2) is 32.1 Å². The molecule has 0 rings (SSSR count). The fraction of sp³-hybridized carbons (Fsp3) is 0.838. The van der Waals surface area contributed by atoms with Crippen molar-refractivity contribution in [3.63, 3.8) is 0 Å². The number of hydrogen-bond acceptors (Lipinski definition) is 2. The van der Waals surface area contributed by atoms with Crippen LogP contribution in [0, 0.1) is 5.92 Å². The third-order valence-corrected chi connectivity index (χ3v) is 7.77. The second kappa shape index (κ2) is 33.2. The van der Waals surface area contributed by atoms with Gasteiger partial charge in [0, 0.05) is 6.54 Å². The Hall–Kier alpha value is -1.02. The van der Waals surface area contributed by atoms with Crippen LogP contribution in [0.25, 0.3) is 0 Å². The molecule has 0 N–H and O–H groups in total. The predicted molar refractivity (Wildman–Crippen MR) is 178 cm³/mol. The predicted octanol–water partition coefficient (Wildman–Crippen LogP) is 12.2. The molecule has 0 saturated heterocycles. The monoisotopic (exact) mass is 546 g/mol. The molecule has 0 bridgehead atoms. The lowest BCUT2D eigenvalue weighted by molar-refractivity contribution is 0.175. The molecule has 0 aromatic heterocycles. The summed E-state index contributed by atoms with van der Waals surface area (Å²) in [4.78, 5) is 2.17. The largest absolute Gasteiger partial charge is 0.501 e. The molecule has 39 heavy (non-hydrogen) atoms. The number of unbranched alkanes of at least 4 members (excludes halogenated alkanes) is 18. The average Bonchev–Trinajstić information content (AvgIpc) is 2.93. The van der Waals surface area contributed by atoms with Crippen LogP contribution in [0.3, 0.4) is 0 Å². The molecule has 0 saturated carbocycles. The van der Waals surface area contributed by atoms with Gasteiger partial charge in [0.1, 0.15) is 0 Å². The van der Waals surface area contributed by atoms with E-state index < -0.39 is 0 Å². The normalized spacial score (nSPS) is 13.1. The van der Waals surface area contributed by atoms with E-state index in [2.05, 4.69) is 63.2 Å². The molecule has 2 heteroatoms. The molecule has 0 aliphatic rings. The van der Waals surface area contributed by atoms with E-state index in [1.807, 2.05) is 6.26 Å². The Kier molecular flexibility index (Phi) is 32.3. The van der Waals surface area contributed by atoms with E-state index in [0.717, 1.165) is 25.5 Å². The van der Waals surface area contributed by atoms with Gasteiger partial charge in [-0.2, -0.15) is 0 Å². The average molecular weight is 546 g/mol. The Morgan fingerprint density at radius 3 is 1.46 bits per heavy atom. The Morgan fingerprint density at radius 2 is 0.949 bits per heavy atom. The maximum Gasteiger partial charge on any atom is 0.0901 e. The molecule has 0 aliphatic carbocycles. The summed E-state index contributed by atoms with van der Waals surface area (Å²) in [6, 6.07) is 0. The van der Waals surface area contributed by atoms with Gasteiger partial charge in [-0.3, -0.25) is 0 Å². The number of rotatable bonds is 31. The molecular formula is C37H71NO. The van der Waals surface area contributed by atoms with E-state index in [1.54, 1.807) is 0 Å². The highest BCUT2D eigenvalue weighted by molar-refractivity contribution is 4.92. The summed E-state index contributed by atoms with van der Waals surface area (Å²) >= 11 is 0. The zero-order valence-corrected chi connectivity index (χ0v) is 27.3. The zero-order valence-electron chi connectivity index (χ0n) is 27.3. The van der Waals surface area contributed by atoms with E-state index in [4.69, 9.17) is 4.74 Å². The molecule has 2 nitrogen and oxygen atoms in total. The summed E-state index contributed by atoms with van der Waals surface area (Å²) in [7, 11) is 4.20. The zero-order chi connectivity index (χ0) is 28.5. The second-order valence-corrected chi connectivity index (χ2v) is 12.2. The number of nitrogens with zero attached hydrogens (tertiary/aromatic N) is 1. The van der Waals surface area contributed by atoms with Crippen LogP contribution in [0.15, 0.2) is 36.6 Å². The van der Waals surface area contributed by atoms with Crippen molar-refractivity contribution in [2.75, 3.05) is 27.2 Å². The quantitative estimate of drug-likeness (QED) is 0.0488. The first kappa shape index (κ1) is 38.0. The Morgan fingerprint density at radius 1 is 0.513 bits per heavy atom. The van der Waals surface area contributed by atoms with Crippen LogP contribution in [-0.2, 0) is 4.74 Å². The van der Waals surface area contributed by atoms with Crippen molar-refractivity contribution in [3.8, 4) is 0 Å². The number of ether oxygens (including phenoxy) is 1. The fourth-order valence-electron chi connectivity index (χ4n) is 5.17. The smallest absolute Gasteiger partial charge is 0.0901 e. The summed E-state index contributed by atoms with van der Waals surface area (Å²) < 4.78 is 5.94. The van der Waals surface area contributed by atoms with Crippen molar-refractivity contribution in [2.24, 2.45) is 5.92 Å². The van der Waals surface area contributed by atoms with Gasteiger partial charge in [0.2, 0.25) is 0 Å². The maximum atomic E-state index is 5.94. The van der Waals surface area contributed by atoms with Crippen molar-refractivity contribution in [3.05, 3.63) is 36.6 Å². The highest BCUT2D eigenvalue weighted by atomic mass is 16.5. The van der Waals surface area contributed by atoms with E-state index in [-0.39, 0.29) is 0 Å². The molecule has 0 aromatic carbocycles. The minimum absolute atomic E-state index is 0.735. The van der Waals surface area contributed by atoms with E-state index in [1.165, 1.54) is 148 Å². The number of allylic oxidation sites excluding steroid dienone is 4. The molecule has 1 atom stereocenters. The standard InChI is InChI=1S/C37H71NO/c1-5-7-9-11-13-15-16-17-18-19-20-21-22-23-24-26-28-30-33-37(36-39-35-31-34-38(3)4)32-29-27-25-14-12-10-8-6-2/h13,15,17-18,31,35,37H,5-12,14,16,19-30,32-34,36H2,1-4H3/b15-13-,18-17-,35-31+. The maximum absolute atomic E-state index is 5.94. The molecule has 0 spiro atoms. The molecular weight excluding hydrogens is 474 g/mol. The van der Waals surface area contributed by atoms with Crippen LogP contribution < -0.4 is 0 Å². The molecule has 0 aromatic rings. The van der Waals surface area contributed by atoms with Crippen LogP contribution in [0.4, 0.5) is 0 Å². The summed E-state index contributed by atoms with van der Waals surface area (Å²) in [5.41, 5.74) is 0. The van der Waals surface area contributed by atoms with Gasteiger partial charge in [0.15, 0.2) is 0 Å². The van der Waals surface area contributed by atoms with Crippen molar-refractivity contribution in [2.45, 2.75) is 168 Å². The molecule has 0 fully saturated rings. The molecule has 0 heterocycles. The van der Waals surface area contributed by atoms with Crippen LogP contribution in [0.1, 0.15) is 168 Å². The third-order valence-electron chi connectivity index (χ3n) is 7.77. The lowest BCUT2D eigenvalue weighted by Gasteiger charge is -2.16. The molecule has 1 unspecified atom stereocenters. The van der Waals surface area contributed by atoms with Crippen molar-refractivity contribution >= 4 is 0 Å². The van der Waals surface area contributed by atoms with Gasteiger partial charge in [-0.15, -0.1) is 0 Å². The second-order valence-electron chi connectivity index (χ2n) is 12.2. The molecule has 0 amide bonds. The SMILES string of the molecule is CCCCC/C=C\C/C=C\CCCCCCCCCCC(CCCCCCCCCC)CO/C=C/CN(C)C. The lowest BCUT2D eigenvalue weighted by Crippen LogP contribution is -2.11. The van der Waals surface area contributed by atoms with E-state index >= 15 is 0 Å². The highest BCUT2D eigenvalue weighted by Crippen LogP contribution is 2.20. The minimum Gasteiger partial charge on any atom is -0.501 e. The van der Waals surface area contributed by atoms with E-state index in [9.17, 15) is 0 Å². The van der Waals surface area contributed by atoms with Crippen LogP contribution in [0.5, 0.6) is 0 Å². The molecule has 0 radical (unpaired) electrons. The number of hydrogen-bond donors (Lipinski definition) is 0. The minimum atomic E-state index is 0.735. The Bertz CT molecular complexity index is 536. The number of likely N-dealkylation sites (N-methyl/N-ethyl adjacent to an activating group) is 1. The van der Waals surface area contributed by atoms with Gasteiger partial charge >= 0.3 is 0 Å². The first-order valence-corrected chi connectivity index (χ1v) is 17.4. The molecule has 230 valence electrons.